The molecule has 10 heteroatoms. The quantitative estimate of drug-likeness (QED) is 0.506. The Balaban J connectivity index is 2.21. The minimum absolute atomic E-state index is 0.0464. The van der Waals surface area contributed by atoms with Crippen molar-refractivity contribution < 1.29 is 35.5 Å². The van der Waals surface area contributed by atoms with Crippen LogP contribution in [0.1, 0.15) is 21.5 Å². The van der Waals surface area contributed by atoms with Crippen LogP contribution in [-0.2, 0) is 16.2 Å². The van der Waals surface area contributed by atoms with E-state index in [0.717, 1.165) is 12.1 Å². The van der Waals surface area contributed by atoms with Gasteiger partial charge in [0.05, 0.1) is 28.7 Å². The summed E-state index contributed by atoms with van der Waals surface area (Å²) in [5.41, 5.74) is -1.93. The van der Waals surface area contributed by atoms with Crippen LogP contribution in [0.4, 0.5) is 17.6 Å². The predicted molar refractivity (Wildman–Crippen MR) is 96.7 cm³/mol. The van der Waals surface area contributed by atoms with Crippen molar-refractivity contribution in [2.75, 3.05) is 7.11 Å². The smallest absolute Gasteiger partial charge is 0.416 e. The molecule has 5 nitrogen and oxygen atoms in total. The first-order chi connectivity index (χ1) is 13.4. The summed E-state index contributed by atoms with van der Waals surface area (Å²) in [4.78, 5) is 12.8. The molecule has 0 radical (unpaired) electrons. The molecular weight excluding hydrogens is 414 g/mol. The van der Waals surface area contributed by atoms with Gasteiger partial charge in [-0.2, -0.15) is 13.2 Å². The number of hydrogen-bond acceptors (Lipinski definition) is 4. The van der Waals surface area contributed by atoms with E-state index in [9.17, 15) is 30.8 Å². The predicted octanol–water partition coefficient (Wildman–Crippen LogP) is 3.88. The molecule has 0 aromatic heterocycles. The van der Waals surface area contributed by atoms with E-state index in [4.69, 9.17) is 9.88 Å². The second kappa shape index (κ2) is 7.12. The van der Waals surface area contributed by atoms with Gasteiger partial charge in [-0.3, -0.25) is 4.79 Å². The number of nitrogens with two attached hydrogens (primary N) is 1. The molecule has 3 aromatic carbocycles. The zero-order valence-corrected chi connectivity index (χ0v) is 15.6. The number of hydrogen-bond donors (Lipinski definition) is 1. The normalized spacial score (nSPS) is 12.2. The van der Waals surface area contributed by atoms with Crippen LogP contribution in [0.5, 0.6) is 5.75 Å². The number of halogens is 4. The number of ether oxygens (including phenoxy) is 1. The number of rotatable bonds is 4. The molecule has 0 spiro atoms. The van der Waals surface area contributed by atoms with Crippen LogP contribution in [0.3, 0.4) is 0 Å². The number of carbonyl (C=O) groups excluding carboxylic acids is 1. The van der Waals surface area contributed by atoms with Gasteiger partial charge in [-0.05, 0) is 47.2 Å². The third kappa shape index (κ3) is 3.94. The molecule has 2 N–H and O–H groups in total. The highest BCUT2D eigenvalue weighted by Gasteiger charge is 2.32. The molecule has 0 aliphatic rings. The van der Waals surface area contributed by atoms with Crippen LogP contribution in [0.15, 0.2) is 53.4 Å². The Morgan fingerprint density at radius 3 is 2.28 bits per heavy atom. The first-order valence-corrected chi connectivity index (χ1v) is 9.53. The standard InChI is InChI=1S/C19H13F4NO4S/c1-28-16-7-2-10-8-12(29(24,26)27)4-6-13(10)17(16)18(25)14-5-3-11(9-15(14)20)19(21,22)23/h2-9H,1H3,(H2,24,26,27). The van der Waals surface area contributed by atoms with E-state index >= 15 is 0 Å². The zero-order chi connectivity index (χ0) is 21.6. The summed E-state index contributed by atoms with van der Waals surface area (Å²) in [5, 5.41) is 5.62. The Hall–Kier alpha value is -2.98. The van der Waals surface area contributed by atoms with Crippen molar-refractivity contribution in [3.05, 3.63) is 71.0 Å². The number of sulfonamides is 1. The summed E-state index contributed by atoms with van der Waals surface area (Å²) >= 11 is 0. The Morgan fingerprint density at radius 1 is 1.03 bits per heavy atom. The minimum atomic E-state index is -4.76. The molecule has 0 aliphatic heterocycles. The second-order valence-electron chi connectivity index (χ2n) is 6.09. The summed E-state index contributed by atoms with van der Waals surface area (Å²) in [6.45, 7) is 0. The van der Waals surface area contributed by atoms with Crippen LogP contribution >= 0.6 is 0 Å². The van der Waals surface area contributed by atoms with E-state index in [1.165, 1.54) is 31.4 Å². The minimum Gasteiger partial charge on any atom is -0.496 e. The maximum absolute atomic E-state index is 14.3. The zero-order valence-electron chi connectivity index (χ0n) is 14.7. The molecule has 0 fully saturated rings. The fourth-order valence-corrected chi connectivity index (χ4v) is 3.43. The van der Waals surface area contributed by atoms with Crippen molar-refractivity contribution in [3.63, 3.8) is 0 Å². The molecule has 3 rings (SSSR count). The first kappa shape index (κ1) is 20.7. The summed E-state index contributed by atoms with van der Waals surface area (Å²) in [6.07, 6.45) is -4.76. The molecule has 0 amide bonds. The summed E-state index contributed by atoms with van der Waals surface area (Å²) in [5.74, 6) is -2.21. The van der Waals surface area contributed by atoms with E-state index < -0.39 is 38.9 Å². The number of primary sulfonamides is 1. The molecule has 0 aliphatic carbocycles. The monoisotopic (exact) mass is 427 g/mol. The fraction of sp³-hybridized carbons (Fsp3) is 0.105. The first-order valence-electron chi connectivity index (χ1n) is 7.98. The third-order valence-corrected chi connectivity index (χ3v) is 5.18. The molecule has 0 bridgehead atoms. The van der Waals surface area contributed by atoms with Gasteiger partial charge < -0.3 is 4.74 Å². The largest absolute Gasteiger partial charge is 0.496 e. The van der Waals surface area contributed by atoms with Crippen molar-refractivity contribution in [1.29, 1.82) is 0 Å². The van der Waals surface area contributed by atoms with Gasteiger partial charge in [0.2, 0.25) is 10.0 Å². The van der Waals surface area contributed by atoms with Gasteiger partial charge in [-0.15, -0.1) is 0 Å². The Kier molecular flexibility index (Phi) is 5.10. The topological polar surface area (TPSA) is 86.5 Å². The average Bonchev–Trinajstić information content (AvgIpc) is 2.64. The maximum atomic E-state index is 14.3. The van der Waals surface area contributed by atoms with Crippen molar-refractivity contribution >= 4 is 26.6 Å². The van der Waals surface area contributed by atoms with Gasteiger partial charge in [0, 0.05) is 0 Å². The molecule has 0 unspecified atom stereocenters. The van der Waals surface area contributed by atoms with Crippen molar-refractivity contribution in [1.82, 2.24) is 0 Å². The van der Waals surface area contributed by atoms with Gasteiger partial charge in [0.25, 0.3) is 0 Å². The van der Waals surface area contributed by atoms with Gasteiger partial charge in [0.1, 0.15) is 11.6 Å². The molecule has 0 atom stereocenters. The van der Waals surface area contributed by atoms with E-state index in [2.05, 4.69) is 0 Å². The lowest BCUT2D eigenvalue weighted by atomic mass is 9.95. The van der Waals surface area contributed by atoms with Crippen LogP contribution in [-0.4, -0.2) is 21.3 Å². The average molecular weight is 427 g/mol. The highest BCUT2D eigenvalue weighted by molar-refractivity contribution is 7.89. The molecule has 152 valence electrons. The number of methoxy groups -OCH3 is 1. The lowest BCUT2D eigenvalue weighted by Crippen LogP contribution is -2.12. The maximum Gasteiger partial charge on any atom is 0.416 e. The molecule has 0 saturated heterocycles. The molecule has 29 heavy (non-hydrogen) atoms. The SMILES string of the molecule is COc1ccc2cc(S(N)(=O)=O)ccc2c1C(=O)c1ccc(C(F)(F)F)cc1F. The van der Waals surface area contributed by atoms with Crippen molar-refractivity contribution in [2.45, 2.75) is 11.1 Å². The molecule has 0 heterocycles. The van der Waals surface area contributed by atoms with E-state index in [0.29, 0.717) is 11.5 Å². The number of ketones is 1. The van der Waals surface area contributed by atoms with E-state index in [-0.39, 0.29) is 27.7 Å². The van der Waals surface area contributed by atoms with Crippen molar-refractivity contribution in [2.24, 2.45) is 5.14 Å². The van der Waals surface area contributed by atoms with Crippen LogP contribution in [0, 0.1) is 5.82 Å². The van der Waals surface area contributed by atoms with E-state index in [1.807, 2.05) is 0 Å². The Labute approximate surface area is 162 Å². The van der Waals surface area contributed by atoms with E-state index in [1.54, 1.807) is 0 Å². The van der Waals surface area contributed by atoms with Crippen LogP contribution in [0.2, 0.25) is 0 Å². The van der Waals surface area contributed by atoms with Gasteiger partial charge in [-0.1, -0.05) is 12.1 Å². The van der Waals surface area contributed by atoms with Gasteiger partial charge in [0.15, 0.2) is 5.78 Å². The van der Waals surface area contributed by atoms with Crippen LogP contribution < -0.4 is 9.88 Å². The highest BCUT2D eigenvalue weighted by Crippen LogP contribution is 2.34. The third-order valence-electron chi connectivity index (χ3n) is 4.27. The lowest BCUT2D eigenvalue weighted by molar-refractivity contribution is -0.137. The molecule has 3 aromatic rings. The second-order valence-corrected chi connectivity index (χ2v) is 7.65. The molecular formula is C19H13F4NO4S. The lowest BCUT2D eigenvalue weighted by Gasteiger charge is -2.13. The van der Waals surface area contributed by atoms with Crippen LogP contribution in [0.25, 0.3) is 10.8 Å². The van der Waals surface area contributed by atoms with Crippen molar-refractivity contribution in [3.8, 4) is 5.75 Å². The number of benzene rings is 3. The Bertz CT molecular complexity index is 1240. The molecule has 0 saturated carbocycles. The summed E-state index contributed by atoms with van der Waals surface area (Å²) in [6, 6.07) is 8.12. The Morgan fingerprint density at radius 2 is 1.72 bits per heavy atom. The number of fused-ring (bicyclic) bond motifs is 1. The summed E-state index contributed by atoms with van der Waals surface area (Å²) in [7, 11) is -2.74. The highest BCUT2D eigenvalue weighted by atomic mass is 32.2. The van der Waals surface area contributed by atoms with Gasteiger partial charge >= 0.3 is 6.18 Å². The summed E-state index contributed by atoms with van der Waals surface area (Å²) < 4.78 is 80.8. The number of alkyl halides is 3. The fourth-order valence-electron chi connectivity index (χ4n) is 2.88. The number of carbonyl (C=O) groups is 1. The van der Waals surface area contributed by atoms with Gasteiger partial charge in [-0.25, -0.2) is 17.9 Å².